The molecule has 68 valence electrons. The summed E-state index contributed by atoms with van der Waals surface area (Å²) in [5, 5.41) is 0.731. The minimum absolute atomic E-state index is 0.0334. The van der Waals surface area contributed by atoms with Crippen molar-refractivity contribution in [1.29, 1.82) is 0 Å². The Labute approximate surface area is 85.8 Å². The number of alkyl halides is 1. The summed E-state index contributed by atoms with van der Waals surface area (Å²) in [4.78, 5) is 14.9. The summed E-state index contributed by atoms with van der Waals surface area (Å²) in [7, 11) is 0. The van der Waals surface area contributed by atoms with E-state index in [9.17, 15) is 4.79 Å². The van der Waals surface area contributed by atoms with Crippen LogP contribution in [0.5, 0.6) is 0 Å². The highest BCUT2D eigenvalue weighted by molar-refractivity contribution is 9.08. The fourth-order valence-corrected chi connectivity index (χ4v) is 1.18. The fourth-order valence-electron chi connectivity index (χ4n) is 0.868. The molecule has 1 aromatic heterocycles. The molecule has 0 aliphatic rings. The van der Waals surface area contributed by atoms with E-state index in [1.54, 1.807) is 6.08 Å². The van der Waals surface area contributed by atoms with Crippen LogP contribution in [0, 0.1) is 0 Å². The molecule has 0 bridgehead atoms. The van der Waals surface area contributed by atoms with Gasteiger partial charge in [0.2, 0.25) is 0 Å². The van der Waals surface area contributed by atoms with E-state index in [0.29, 0.717) is 0 Å². The molecule has 0 saturated carbocycles. The molecule has 0 fully saturated rings. The van der Waals surface area contributed by atoms with Gasteiger partial charge < -0.3 is 0 Å². The van der Waals surface area contributed by atoms with Crippen LogP contribution in [0.2, 0.25) is 0 Å². The normalized spacial score (nSPS) is 10.6. The van der Waals surface area contributed by atoms with Crippen LogP contribution < -0.4 is 0 Å². The van der Waals surface area contributed by atoms with E-state index < -0.39 is 0 Å². The standard InChI is InChI=1S/C10H10BrNO/c1-8(13)5-6-9-3-2-4-10(7-11)12-9/h2-6H,7H2,1H3/b6-5+. The van der Waals surface area contributed by atoms with Crippen LogP contribution in [-0.4, -0.2) is 10.8 Å². The first kappa shape index (κ1) is 10.1. The zero-order chi connectivity index (χ0) is 9.68. The van der Waals surface area contributed by atoms with Crippen molar-refractivity contribution < 1.29 is 4.79 Å². The maximum Gasteiger partial charge on any atom is 0.152 e. The van der Waals surface area contributed by atoms with Crippen molar-refractivity contribution in [1.82, 2.24) is 4.98 Å². The highest BCUT2D eigenvalue weighted by atomic mass is 79.9. The Bertz CT molecular complexity index is 333. The molecule has 0 spiro atoms. The third-order valence-electron chi connectivity index (χ3n) is 1.45. The molecule has 0 amide bonds. The van der Waals surface area contributed by atoms with E-state index in [1.165, 1.54) is 13.0 Å². The predicted octanol–water partition coefficient (Wildman–Crippen LogP) is 2.58. The number of rotatable bonds is 3. The first-order valence-corrected chi connectivity index (χ1v) is 5.05. The second kappa shape index (κ2) is 4.92. The van der Waals surface area contributed by atoms with Crippen molar-refractivity contribution in [3.8, 4) is 0 Å². The van der Waals surface area contributed by atoms with E-state index in [4.69, 9.17) is 0 Å². The van der Waals surface area contributed by atoms with Gasteiger partial charge in [-0.1, -0.05) is 22.0 Å². The minimum atomic E-state index is 0.0334. The Morgan fingerprint density at radius 3 is 3.00 bits per heavy atom. The summed E-state index contributed by atoms with van der Waals surface area (Å²) in [5.74, 6) is 0.0334. The van der Waals surface area contributed by atoms with Crippen LogP contribution in [0.4, 0.5) is 0 Å². The molecule has 0 unspecified atom stereocenters. The summed E-state index contributed by atoms with van der Waals surface area (Å²) in [6.45, 7) is 1.52. The van der Waals surface area contributed by atoms with Gasteiger partial charge in [-0.3, -0.25) is 9.78 Å². The van der Waals surface area contributed by atoms with E-state index in [1.807, 2.05) is 18.2 Å². The predicted molar refractivity (Wildman–Crippen MR) is 56.6 cm³/mol. The number of hydrogen-bond acceptors (Lipinski definition) is 2. The highest BCUT2D eigenvalue weighted by Gasteiger charge is 1.92. The molecule has 1 aromatic rings. The Morgan fingerprint density at radius 1 is 1.62 bits per heavy atom. The van der Waals surface area contributed by atoms with Crippen molar-refractivity contribution >= 4 is 27.8 Å². The monoisotopic (exact) mass is 239 g/mol. The van der Waals surface area contributed by atoms with Gasteiger partial charge in [0.25, 0.3) is 0 Å². The van der Waals surface area contributed by atoms with E-state index in [-0.39, 0.29) is 5.78 Å². The average molecular weight is 240 g/mol. The Morgan fingerprint density at radius 2 is 2.38 bits per heavy atom. The number of hydrogen-bond donors (Lipinski definition) is 0. The third kappa shape index (κ3) is 3.51. The first-order chi connectivity index (χ1) is 6.22. The van der Waals surface area contributed by atoms with Gasteiger partial charge in [-0.05, 0) is 31.2 Å². The molecule has 0 aliphatic heterocycles. The lowest BCUT2D eigenvalue weighted by atomic mass is 10.3. The molecule has 0 aliphatic carbocycles. The summed E-state index contributed by atoms with van der Waals surface area (Å²) < 4.78 is 0. The molecule has 2 nitrogen and oxygen atoms in total. The maximum atomic E-state index is 10.6. The summed E-state index contributed by atoms with van der Waals surface area (Å²) in [5.41, 5.74) is 1.78. The number of allylic oxidation sites excluding steroid dienone is 1. The SMILES string of the molecule is CC(=O)/C=C/c1cccc(CBr)n1. The second-order valence-electron chi connectivity index (χ2n) is 2.63. The lowest BCUT2D eigenvalue weighted by molar-refractivity contribution is -0.112. The first-order valence-electron chi connectivity index (χ1n) is 3.93. The molecule has 3 heteroatoms. The van der Waals surface area contributed by atoms with Crippen LogP contribution in [0.1, 0.15) is 18.3 Å². The summed E-state index contributed by atoms with van der Waals surface area (Å²) in [6.07, 6.45) is 3.23. The van der Waals surface area contributed by atoms with Crippen molar-refractivity contribution in [3.05, 3.63) is 35.7 Å². The third-order valence-corrected chi connectivity index (χ3v) is 2.03. The second-order valence-corrected chi connectivity index (χ2v) is 3.19. The molecule has 1 rings (SSSR count). The van der Waals surface area contributed by atoms with E-state index >= 15 is 0 Å². The van der Waals surface area contributed by atoms with E-state index in [2.05, 4.69) is 20.9 Å². The summed E-state index contributed by atoms with van der Waals surface area (Å²) in [6, 6.07) is 5.72. The Hall–Kier alpha value is -0.960. The number of aromatic nitrogens is 1. The van der Waals surface area contributed by atoms with Crippen molar-refractivity contribution in [2.45, 2.75) is 12.3 Å². The number of ketones is 1. The van der Waals surface area contributed by atoms with Crippen molar-refractivity contribution in [2.75, 3.05) is 0 Å². The maximum absolute atomic E-state index is 10.6. The lowest BCUT2D eigenvalue weighted by Crippen LogP contribution is -1.88. The van der Waals surface area contributed by atoms with Crippen LogP contribution in [0.15, 0.2) is 24.3 Å². The van der Waals surface area contributed by atoms with Gasteiger partial charge in [-0.15, -0.1) is 0 Å². The minimum Gasteiger partial charge on any atom is -0.295 e. The Balaban J connectivity index is 2.83. The molecular formula is C10H10BrNO. The van der Waals surface area contributed by atoms with Gasteiger partial charge in [-0.25, -0.2) is 0 Å². The number of nitrogens with zero attached hydrogens (tertiary/aromatic N) is 1. The van der Waals surface area contributed by atoms with Crippen molar-refractivity contribution in [2.24, 2.45) is 0 Å². The number of halogens is 1. The smallest absolute Gasteiger partial charge is 0.152 e. The lowest BCUT2D eigenvalue weighted by Gasteiger charge is -1.95. The van der Waals surface area contributed by atoms with E-state index in [0.717, 1.165) is 16.7 Å². The summed E-state index contributed by atoms with van der Waals surface area (Å²) >= 11 is 3.32. The average Bonchev–Trinajstić information content (AvgIpc) is 2.15. The molecule has 0 N–H and O–H groups in total. The van der Waals surface area contributed by atoms with Gasteiger partial charge >= 0.3 is 0 Å². The number of pyridine rings is 1. The molecule has 0 saturated heterocycles. The van der Waals surface area contributed by atoms with Crippen LogP contribution in [0.25, 0.3) is 6.08 Å². The molecule has 1 heterocycles. The largest absolute Gasteiger partial charge is 0.295 e. The number of carbonyl (C=O) groups excluding carboxylic acids is 1. The van der Waals surface area contributed by atoms with Gasteiger partial charge in [0.15, 0.2) is 5.78 Å². The molecular weight excluding hydrogens is 230 g/mol. The van der Waals surface area contributed by atoms with Gasteiger partial charge in [0.05, 0.1) is 11.4 Å². The molecule has 0 atom stereocenters. The zero-order valence-corrected chi connectivity index (χ0v) is 8.91. The zero-order valence-electron chi connectivity index (χ0n) is 7.33. The molecule has 0 aromatic carbocycles. The van der Waals surface area contributed by atoms with Gasteiger partial charge in [0, 0.05) is 5.33 Å². The van der Waals surface area contributed by atoms with Crippen LogP contribution in [0.3, 0.4) is 0 Å². The molecule has 0 radical (unpaired) electrons. The fraction of sp³-hybridized carbons (Fsp3) is 0.200. The molecule has 13 heavy (non-hydrogen) atoms. The highest BCUT2D eigenvalue weighted by Crippen LogP contribution is 2.04. The Kier molecular flexibility index (Phi) is 3.83. The quantitative estimate of drug-likeness (QED) is 0.600. The number of carbonyl (C=O) groups is 1. The van der Waals surface area contributed by atoms with Crippen LogP contribution in [-0.2, 0) is 10.1 Å². The topological polar surface area (TPSA) is 30.0 Å². The van der Waals surface area contributed by atoms with Crippen molar-refractivity contribution in [3.63, 3.8) is 0 Å². The van der Waals surface area contributed by atoms with Gasteiger partial charge in [-0.2, -0.15) is 0 Å². The van der Waals surface area contributed by atoms with Gasteiger partial charge in [0.1, 0.15) is 0 Å². The van der Waals surface area contributed by atoms with Crippen LogP contribution >= 0.6 is 15.9 Å².